The maximum atomic E-state index is 12.0. The molecule has 2 rings (SSSR count). The number of methoxy groups -OCH3 is 3. The van der Waals surface area contributed by atoms with Gasteiger partial charge in [0.05, 0.1) is 6.61 Å². The number of carbonyl (C=O) groups excluding carboxylic acids is 3. The van der Waals surface area contributed by atoms with E-state index >= 15 is 0 Å². The molecule has 0 aromatic heterocycles. The Balaban J connectivity index is 2.50. The van der Waals surface area contributed by atoms with Crippen molar-refractivity contribution in [3.05, 3.63) is 12.7 Å². The molecule has 0 aromatic carbocycles. The van der Waals surface area contributed by atoms with E-state index < -0.39 is 79.3 Å². The molecule has 2 fully saturated rings. The molecule has 9 atom stereocenters. The van der Waals surface area contributed by atoms with Gasteiger partial charge in [0, 0.05) is 48.5 Å². The van der Waals surface area contributed by atoms with Gasteiger partial charge in [0.1, 0.15) is 36.6 Å². The zero-order valence-corrected chi connectivity index (χ0v) is 21.4. The quantitative estimate of drug-likeness (QED) is 0.206. The van der Waals surface area contributed by atoms with Crippen LogP contribution in [0, 0.1) is 0 Å². The summed E-state index contributed by atoms with van der Waals surface area (Å²) in [6.45, 7) is 6.43. The highest BCUT2D eigenvalue weighted by Crippen LogP contribution is 2.41. The molecular weight excluding hydrogens is 484 g/mol. The number of esters is 3. The molecule has 13 nitrogen and oxygen atoms in total. The minimum absolute atomic E-state index is 0.0423. The number of carbonyl (C=O) groups is 3. The Bertz CT molecular complexity index is 773. The standard InChI is InChI=1S/C23H36O13/c1-8-9-23(11-31-12(2)25)20(33-14(4)27)19(32-13(3)26)22(36-23)35-16-15(10-24)34-21(30-7)18(29-6)17(16)28-5/h8,15-22,24H,1,9-11H2,2-7H3/t15-,16-,17+,18-,19+,20+,21+,22+,23-/m1/s1. The lowest BCUT2D eigenvalue weighted by molar-refractivity contribution is -0.335. The molecule has 0 saturated carbocycles. The normalized spacial score (nSPS) is 36.2. The van der Waals surface area contributed by atoms with Gasteiger partial charge in [-0.05, 0) is 0 Å². The summed E-state index contributed by atoms with van der Waals surface area (Å²) in [5.41, 5.74) is -1.49. The lowest BCUT2D eigenvalue weighted by Gasteiger charge is -2.45. The van der Waals surface area contributed by atoms with Crippen LogP contribution < -0.4 is 0 Å². The minimum Gasteiger partial charge on any atom is -0.463 e. The lowest BCUT2D eigenvalue weighted by Crippen LogP contribution is -2.62. The van der Waals surface area contributed by atoms with E-state index in [9.17, 15) is 19.5 Å². The van der Waals surface area contributed by atoms with Crippen molar-refractivity contribution in [2.24, 2.45) is 0 Å². The van der Waals surface area contributed by atoms with E-state index in [1.807, 2.05) is 0 Å². The first-order valence-electron chi connectivity index (χ1n) is 11.3. The molecule has 206 valence electrons. The molecule has 1 N–H and O–H groups in total. The first-order valence-corrected chi connectivity index (χ1v) is 11.3. The molecular formula is C23H36O13. The monoisotopic (exact) mass is 520 g/mol. The summed E-state index contributed by atoms with van der Waals surface area (Å²) in [7, 11) is 4.27. The second-order valence-electron chi connectivity index (χ2n) is 8.39. The molecule has 0 unspecified atom stereocenters. The fourth-order valence-corrected chi connectivity index (χ4v) is 4.43. The maximum Gasteiger partial charge on any atom is 0.303 e. The summed E-state index contributed by atoms with van der Waals surface area (Å²) >= 11 is 0. The third-order valence-corrected chi connectivity index (χ3v) is 5.88. The fraction of sp³-hybridized carbons (Fsp3) is 0.783. The Labute approximate surface area is 209 Å². The number of hydrogen-bond acceptors (Lipinski definition) is 13. The van der Waals surface area contributed by atoms with Crippen LogP contribution in [0.1, 0.15) is 27.2 Å². The third-order valence-electron chi connectivity index (χ3n) is 5.88. The molecule has 0 radical (unpaired) electrons. The zero-order valence-electron chi connectivity index (χ0n) is 21.4. The summed E-state index contributed by atoms with van der Waals surface area (Å²) < 4.78 is 50.8. The Morgan fingerprint density at radius 1 is 0.889 bits per heavy atom. The van der Waals surface area contributed by atoms with Crippen molar-refractivity contribution in [3.8, 4) is 0 Å². The van der Waals surface area contributed by atoms with Crippen LogP contribution in [0.4, 0.5) is 0 Å². The number of hydrogen-bond donors (Lipinski definition) is 1. The van der Waals surface area contributed by atoms with Crippen LogP contribution in [0.25, 0.3) is 0 Å². The molecule has 0 amide bonds. The Hall–Kier alpha value is -2.13. The van der Waals surface area contributed by atoms with Gasteiger partial charge in [-0.2, -0.15) is 0 Å². The molecule has 2 aliphatic rings. The summed E-state index contributed by atoms with van der Waals surface area (Å²) in [5, 5.41) is 10.0. The highest BCUT2D eigenvalue weighted by Gasteiger charge is 2.61. The van der Waals surface area contributed by atoms with Crippen molar-refractivity contribution in [2.75, 3.05) is 34.5 Å². The zero-order chi connectivity index (χ0) is 27.0. The lowest BCUT2D eigenvalue weighted by atomic mass is 9.92. The molecule has 36 heavy (non-hydrogen) atoms. The fourth-order valence-electron chi connectivity index (χ4n) is 4.43. The van der Waals surface area contributed by atoms with E-state index in [1.54, 1.807) is 0 Å². The molecule has 2 heterocycles. The van der Waals surface area contributed by atoms with Gasteiger partial charge < -0.3 is 47.7 Å². The molecule has 2 saturated heterocycles. The number of ether oxygens (including phenoxy) is 9. The van der Waals surface area contributed by atoms with Gasteiger partial charge in [0.2, 0.25) is 0 Å². The predicted molar refractivity (Wildman–Crippen MR) is 119 cm³/mol. The van der Waals surface area contributed by atoms with E-state index in [1.165, 1.54) is 48.2 Å². The second-order valence-corrected chi connectivity index (χ2v) is 8.39. The number of aliphatic hydroxyl groups is 1. The SMILES string of the molecule is C=CC[C@]1(COC(C)=O)O[C@H](O[C@H]2[C@H](OC)[C@@H](OC)[C@@H](OC)O[C@@H]2CO)[C@@H](OC(C)=O)[C@@H]1OC(C)=O. The average molecular weight is 521 g/mol. The van der Waals surface area contributed by atoms with E-state index in [0.29, 0.717) is 0 Å². The first-order chi connectivity index (χ1) is 17.1. The Morgan fingerprint density at radius 2 is 1.53 bits per heavy atom. The molecule has 0 spiro atoms. The molecule has 2 aliphatic heterocycles. The second kappa shape index (κ2) is 13.4. The van der Waals surface area contributed by atoms with Gasteiger partial charge in [0.25, 0.3) is 0 Å². The van der Waals surface area contributed by atoms with Crippen molar-refractivity contribution in [3.63, 3.8) is 0 Å². The average Bonchev–Trinajstić information content (AvgIpc) is 3.08. The molecule has 0 aromatic rings. The van der Waals surface area contributed by atoms with Crippen LogP contribution in [-0.2, 0) is 57.0 Å². The van der Waals surface area contributed by atoms with Gasteiger partial charge in [-0.3, -0.25) is 14.4 Å². The smallest absolute Gasteiger partial charge is 0.303 e. The molecule has 0 bridgehead atoms. The Morgan fingerprint density at radius 3 is 2.00 bits per heavy atom. The van der Waals surface area contributed by atoms with Crippen LogP contribution in [0.3, 0.4) is 0 Å². The summed E-state index contributed by atoms with van der Waals surface area (Å²) in [5.74, 6) is -2.00. The van der Waals surface area contributed by atoms with Gasteiger partial charge in [0.15, 0.2) is 24.8 Å². The minimum atomic E-state index is -1.49. The van der Waals surface area contributed by atoms with Gasteiger partial charge in [-0.15, -0.1) is 6.58 Å². The van der Waals surface area contributed by atoms with Crippen molar-refractivity contribution in [1.82, 2.24) is 0 Å². The van der Waals surface area contributed by atoms with E-state index in [4.69, 9.17) is 42.6 Å². The van der Waals surface area contributed by atoms with Crippen LogP contribution in [-0.4, -0.2) is 112 Å². The highest BCUT2D eigenvalue weighted by molar-refractivity contribution is 5.68. The van der Waals surface area contributed by atoms with Crippen molar-refractivity contribution in [1.29, 1.82) is 0 Å². The number of aliphatic hydroxyl groups excluding tert-OH is 1. The highest BCUT2D eigenvalue weighted by atomic mass is 16.8. The van der Waals surface area contributed by atoms with Crippen molar-refractivity contribution >= 4 is 17.9 Å². The predicted octanol–water partition coefficient (Wildman–Crippen LogP) is -0.137. The van der Waals surface area contributed by atoms with Crippen LogP contribution in [0.5, 0.6) is 0 Å². The molecule has 0 aliphatic carbocycles. The van der Waals surface area contributed by atoms with Crippen LogP contribution >= 0.6 is 0 Å². The third kappa shape index (κ3) is 6.79. The van der Waals surface area contributed by atoms with E-state index in [2.05, 4.69) is 6.58 Å². The van der Waals surface area contributed by atoms with Crippen LogP contribution in [0.15, 0.2) is 12.7 Å². The topological polar surface area (TPSA) is 155 Å². The Kier molecular flexibility index (Phi) is 11.2. The number of rotatable bonds is 12. The largest absolute Gasteiger partial charge is 0.463 e. The van der Waals surface area contributed by atoms with Gasteiger partial charge in [-0.25, -0.2) is 0 Å². The van der Waals surface area contributed by atoms with Gasteiger partial charge in [-0.1, -0.05) is 6.08 Å². The van der Waals surface area contributed by atoms with E-state index in [-0.39, 0.29) is 13.0 Å². The van der Waals surface area contributed by atoms with Crippen LogP contribution in [0.2, 0.25) is 0 Å². The maximum absolute atomic E-state index is 12.0. The summed E-state index contributed by atoms with van der Waals surface area (Å²) in [6, 6.07) is 0. The van der Waals surface area contributed by atoms with Gasteiger partial charge >= 0.3 is 17.9 Å². The van der Waals surface area contributed by atoms with Crippen molar-refractivity contribution in [2.45, 2.75) is 82.0 Å². The first kappa shape index (κ1) is 30.1. The summed E-state index contributed by atoms with van der Waals surface area (Å²) in [6.07, 6.45) is -6.75. The van der Waals surface area contributed by atoms with Crippen molar-refractivity contribution < 1.29 is 62.1 Å². The molecule has 13 heteroatoms. The van der Waals surface area contributed by atoms with E-state index in [0.717, 1.165) is 0 Å². The summed E-state index contributed by atoms with van der Waals surface area (Å²) in [4.78, 5) is 35.6.